The van der Waals surface area contributed by atoms with Gasteiger partial charge in [-0.1, -0.05) is 24.3 Å². The van der Waals surface area contributed by atoms with E-state index in [9.17, 15) is 0 Å². The van der Waals surface area contributed by atoms with E-state index in [1.54, 1.807) is 0 Å². The van der Waals surface area contributed by atoms with E-state index in [1.165, 1.54) is 36.8 Å². The second-order valence-electron chi connectivity index (χ2n) is 6.04. The van der Waals surface area contributed by atoms with Gasteiger partial charge in [-0.15, -0.1) is 0 Å². The first-order valence-corrected chi connectivity index (χ1v) is 8.36. The van der Waals surface area contributed by atoms with Crippen LogP contribution in [0, 0.1) is 0 Å². The second-order valence-corrected chi connectivity index (χ2v) is 6.43. The molecule has 0 saturated carbocycles. The summed E-state index contributed by atoms with van der Waals surface area (Å²) in [6.07, 6.45) is 6.25. The predicted molar refractivity (Wildman–Crippen MR) is 89.5 cm³/mol. The highest BCUT2D eigenvalue weighted by Crippen LogP contribution is 2.33. The van der Waals surface area contributed by atoms with Crippen LogP contribution in [0.2, 0.25) is 0 Å². The first kappa shape index (κ1) is 14.8. The van der Waals surface area contributed by atoms with Gasteiger partial charge in [-0.2, -0.15) is 0 Å². The minimum absolute atomic E-state index is 0.329. The van der Waals surface area contributed by atoms with Gasteiger partial charge in [-0.3, -0.25) is 0 Å². The number of benzene rings is 1. The van der Waals surface area contributed by atoms with Crippen molar-refractivity contribution < 1.29 is 4.74 Å². The average molecular weight is 304 g/mol. The molecule has 2 atom stereocenters. The highest BCUT2D eigenvalue weighted by molar-refractivity contribution is 7.80. The minimum Gasteiger partial charge on any atom is -0.376 e. The Morgan fingerprint density at radius 3 is 3.00 bits per heavy atom. The third-order valence-corrected chi connectivity index (χ3v) is 5.06. The summed E-state index contributed by atoms with van der Waals surface area (Å²) in [5, 5.41) is 4.22. The Hall–Kier alpha value is -1.13. The Bertz CT molecular complexity index is 499. The third-order valence-electron chi connectivity index (χ3n) is 4.63. The lowest BCUT2D eigenvalue weighted by Gasteiger charge is -2.35. The van der Waals surface area contributed by atoms with Crippen molar-refractivity contribution in [3.05, 3.63) is 35.4 Å². The van der Waals surface area contributed by atoms with Crippen molar-refractivity contribution in [2.75, 3.05) is 20.2 Å². The molecule has 2 aliphatic rings. The number of nitrogens with zero attached hydrogens (tertiary/aromatic N) is 1. The predicted octanol–water partition coefficient (Wildman–Crippen LogP) is 3.05. The molecule has 1 aromatic carbocycles. The van der Waals surface area contributed by atoms with E-state index in [2.05, 4.69) is 41.5 Å². The molecule has 21 heavy (non-hydrogen) atoms. The third kappa shape index (κ3) is 3.38. The van der Waals surface area contributed by atoms with Gasteiger partial charge < -0.3 is 15.0 Å². The minimum atomic E-state index is 0.329. The Morgan fingerprint density at radius 1 is 1.33 bits per heavy atom. The van der Waals surface area contributed by atoms with Gasteiger partial charge in [0.05, 0.1) is 12.1 Å². The molecule has 0 spiro atoms. The molecular weight excluding hydrogens is 280 g/mol. The summed E-state index contributed by atoms with van der Waals surface area (Å²) in [5.74, 6) is 0. The summed E-state index contributed by atoms with van der Waals surface area (Å²) in [4.78, 5) is 2.22. The molecule has 1 aliphatic carbocycles. The summed E-state index contributed by atoms with van der Waals surface area (Å²) in [5.41, 5.74) is 2.91. The lowest BCUT2D eigenvalue weighted by molar-refractivity contribution is 0.113. The molecule has 0 bridgehead atoms. The summed E-state index contributed by atoms with van der Waals surface area (Å²) < 4.78 is 5.64. The van der Waals surface area contributed by atoms with Crippen LogP contribution >= 0.6 is 12.2 Å². The maximum absolute atomic E-state index is 5.64. The molecule has 4 heteroatoms. The number of thiocarbonyl (C=S) groups is 1. The van der Waals surface area contributed by atoms with Gasteiger partial charge in [-0.05, 0) is 55.4 Å². The van der Waals surface area contributed by atoms with E-state index >= 15 is 0 Å². The molecule has 1 aromatic rings. The number of nitrogens with one attached hydrogen (secondary N) is 1. The van der Waals surface area contributed by atoms with Crippen LogP contribution in [0.25, 0.3) is 0 Å². The molecular formula is C17H24N2OS. The molecule has 0 radical (unpaired) electrons. The Labute approximate surface area is 132 Å². The number of rotatable bonds is 3. The molecule has 3 rings (SSSR count). The van der Waals surface area contributed by atoms with Crippen LogP contribution in [-0.4, -0.2) is 36.3 Å². The quantitative estimate of drug-likeness (QED) is 0.868. The highest BCUT2D eigenvalue weighted by atomic mass is 32.1. The van der Waals surface area contributed by atoms with Gasteiger partial charge >= 0.3 is 0 Å². The monoisotopic (exact) mass is 304 g/mol. The number of hydrogen-bond acceptors (Lipinski definition) is 2. The molecule has 1 saturated heterocycles. The normalized spacial score (nSPS) is 24.4. The molecule has 1 heterocycles. The molecule has 1 N–H and O–H groups in total. The Balaban J connectivity index is 1.62. The van der Waals surface area contributed by atoms with E-state index < -0.39 is 0 Å². The van der Waals surface area contributed by atoms with Crippen molar-refractivity contribution in [1.82, 2.24) is 10.2 Å². The molecule has 0 unspecified atom stereocenters. The molecule has 3 nitrogen and oxygen atoms in total. The zero-order chi connectivity index (χ0) is 14.7. The van der Waals surface area contributed by atoms with Crippen LogP contribution in [0.1, 0.15) is 42.9 Å². The van der Waals surface area contributed by atoms with Crippen LogP contribution in [0.4, 0.5) is 0 Å². The van der Waals surface area contributed by atoms with E-state index in [1.807, 2.05) is 0 Å². The lowest BCUT2D eigenvalue weighted by Crippen LogP contribution is -2.43. The van der Waals surface area contributed by atoms with E-state index in [-0.39, 0.29) is 0 Å². The van der Waals surface area contributed by atoms with Crippen molar-refractivity contribution in [3.63, 3.8) is 0 Å². The maximum atomic E-state index is 5.64. The summed E-state index contributed by atoms with van der Waals surface area (Å²) in [6.45, 7) is 1.72. The summed E-state index contributed by atoms with van der Waals surface area (Å²) in [7, 11) is 2.11. The second kappa shape index (κ2) is 6.75. The van der Waals surface area contributed by atoms with Crippen LogP contribution in [0.15, 0.2) is 24.3 Å². The van der Waals surface area contributed by atoms with E-state index in [0.29, 0.717) is 12.1 Å². The van der Waals surface area contributed by atoms with Gasteiger partial charge in [0, 0.05) is 20.2 Å². The number of ether oxygens (including phenoxy) is 1. The molecule has 114 valence electrons. The fraction of sp³-hybridized carbons (Fsp3) is 0.588. The molecule has 0 aromatic heterocycles. The lowest BCUT2D eigenvalue weighted by atomic mass is 9.87. The summed E-state index contributed by atoms with van der Waals surface area (Å²) in [6, 6.07) is 9.17. The van der Waals surface area contributed by atoms with Crippen molar-refractivity contribution >= 4 is 17.3 Å². The topological polar surface area (TPSA) is 24.5 Å². The SMILES string of the molecule is CN(C(=S)NC[C@H]1CCCO1)[C@H]1CCCc2ccccc21. The number of aryl methyl sites for hydroxylation is 1. The van der Waals surface area contributed by atoms with Gasteiger partial charge in [-0.25, -0.2) is 0 Å². The zero-order valence-corrected chi connectivity index (χ0v) is 13.5. The van der Waals surface area contributed by atoms with Crippen molar-refractivity contribution in [3.8, 4) is 0 Å². The fourth-order valence-corrected chi connectivity index (χ4v) is 3.61. The molecule has 0 amide bonds. The van der Waals surface area contributed by atoms with Crippen LogP contribution in [-0.2, 0) is 11.2 Å². The highest BCUT2D eigenvalue weighted by Gasteiger charge is 2.25. The van der Waals surface area contributed by atoms with Crippen molar-refractivity contribution in [1.29, 1.82) is 0 Å². The van der Waals surface area contributed by atoms with Gasteiger partial charge in [0.2, 0.25) is 0 Å². The fourth-order valence-electron chi connectivity index (χ4n) is 3.40. The largest absolute Gasteiger partial charge is 0.376 e. The van der Waals surface area contributed by atoms with Gasteiger partial charge in [0.1, 0.15) is 0 Å². The van der Waals surface area contributed by atoms with Crippen LogP contribution < -0.4 is 5.32 Å². The van der Waals surface area contributed by atoms with Crippen LogP contribution in [0.5, 0.6) is 0 Å². The van der Waals surface area contributed by atoms with E-state index in [0.717, 1.165) is 24.7 Å². The van der Waals surface area contributed by atoms with Crippen molar-refractivity contribution in [2.45, 2.75) is 44.2 Å². The molecule has 1 fully saturated rings. The smallest absolute Gasteiger partial charge is 0.169 e. The number of hydrogen-bond donors (Lipinski definition) is 1. The zero-order valence-electron chi connectivity index (χ0n) is 12.7. The number of fused-ring (bicyclic) bond motifs is 1. The standard InChI is InChI=1S/C17H24N2OS/c1-19(17(21)18-12-14-8-5-11-20-14)16-10-4-7-13-6-2-3-9-15(13)16/h2-3,6,9,14,16H,4-5,7-8,10-12H2,1H3,(H,18,21)/t14-,16+/m1/s1. The van der Waals surface area contributed by atoms with E-state index in [4.69, 9.17) is 17.0 Å². The Morgan fingerprint density at radius 2 is 2.19 bits per heavy atom. The Kier molecular flexibility index (Phi) is 4.76. The summed E-state index contributed by atoms with van der Waals surface area (Å²) >= 11 is 5.58. The van der Waals surface area contributed by atoms with Gasteiger partial charge in [0.15, 0.2) is 5.11 Å². The maximum Gasteiger partial charge on any atom is 0.169 e. The van der Waals surface area contributed by atoms with Crippen molar-refractivity contribution in [2.24, 2.45) is 0 Å². The first-order valence-electron chi connectivity index (χ1n) is 7.96. The van der Waals surface area contributed by atoms with Crippen LogP contribution in [0.3, 0.4) is 0 Å². The molecule has 1 aliphatic heterocycles. The average Bonchev–Trinajstić information content (AvgIpc) is 3.05. The first-order chi connectivity index (χ1) is 10.3. The van der Waals surface area contributed by atoms with Gasteiger partial charge in [0.25, 0.3) is 0 Å².